The zero-order valence-electron chi connectivity index (χ0n) is 19.2. The third-order valence-corrected chi connectivity index (χ3v) is 6.34. The first-order valence-electron chi connectivity index (χ1n) is 11.4. The number of nitrogens with zero attached hydrogens (tertiary/aromatic N) is 2. The number of ether oxygens (including phenoxy) is 1. The van der Waals surface area contributed by atoms with Gasteiger partial charge in [0.05, 0.1) is 5.92 Å². The van der Waals surface area contributed by atoms with Gasteiger partial charge in [-0.1, -0.05) is 36.4 Å². The van der Waals surface area contributed by atoms with Crippen LogP contribution in [0.1, 0.15) is 22.6 Å². The molecule has 0 amide bonds. The molecule has 0 saturated heterocycles. The molecule has 2 aliphatic rings. The number of nitriles is 1. The number of allylic oxidation sites excluding steroid dienone is 1. The van der Waals surface area contributed by atoms with Crippen LogP contribution in [-0.2, 0) is 11.3 Å². The Labute approximate surface area is 207 Å². The van der Waals surface area contributed by atoms with E-state index in [0.717, 1.165) is 27.8 Å². The van der Waals surface area contributed by atoms with E-state index >= 15 is 0 Å². The molecule has 0 bridgehead atoms. The Morgan fingerprint density at radius 2 is 1.47 bits per heavy atom. The van der Waals surface area contributed by atoms with Crippen molar-refractivity contribution >= 4 is 6.08 Å². The lowest BCUT2D eigenvalue weighted by Crippen LogP contribution is -2.37. The first kappa shape index (κ1) is 23.5. The van der Waals surface area contributed by atoms with E-state index in [1.54, 1.807) is 36.4 Å². The van der Waals surface area contributed by atoms with E-state index in [2.05, 4.69) is 11.0 Å². The summed E-state index contributed by atoms with van der Waals surface area (Å²) in [4.78, 5) is 2.15. The van der Waals surface area contributed by atoms with E-state index in [4.69, 9.17) is 10.5 Å². The molecule has 0 radical (unpaired) electrons. The van der Waals surface area contributed by atoms with Crippen LogP contribution in [-0.4, -0.2) is 18.0 Å². The Morgan fingerprint density at radius 1 is 0.889 bits per heavy atom. The standard InChI is InChI=1S/C29H22F3N3O/c30-22-7-1-18(2-8-22)13-21-16-35(15-19-3-9-23(31)10-4-19)17-26-27(20-5-11-24(32)12-6-20)25(14-33)29(34)36-28(21)26/h1-13,27H,15-17,34H2/b21-13-. The molecule has 2 aliphatic heterocycles. The van der Waals surface area contributed by atoms with Crippen LogP contribution in [0.25, 0.3) is 6.08 Å². The molecule has 2 heterocycles. The predicted octanol–water partition coefficient (Wildman–Crippen LogP) is 5.77. The fourth-order valence-corrected chi connectivity index (χ4v) is 4.70. The van der Waals surface area contributed by atoms with Crippen LogP contribution in [0.15, 0.2) is 101 Å². The summed E-state index contributed by atoms with van der Waals surface area (Å²) < 4.78 is 46.7. The van der Waals surface area contributed by atoms with Crippen molar-refractivity contribution in [2.24, 2.45) is 5.73 Å². The second-order valence-corrected chi connectivity index (χ2v) is 8.82. The molecule has 0 spiro atoms. The second-order valence-electron chi connectivity index (χ2n) is 8.82. The highest BCUT2D eigenvalue weighted by atomic mass is 19.1. The Bertz CT molecular complexity index is 1420. The van der Waals surface area contributed by atoms with Crippen molar-refractivity contribution in [2.75, 3.05) is 13.1 Å². The van der Waals surface area contributed by atoms with Crippen molar-refractivity contribution in [1.82, 2.24) is 4.90 Å². The van der Waals surface area contributed by atoms with Gasteiger partial charge in [-0.3, -0.25) is 4.90 Å². The Balaban J connectivity index is 1.61. The SMILES string of the molecule is N#CC1=C(N)OC2=C(CN(Cc3ccc(F)cc3)C/C2=C/c2ccc(F)cc2)C1c1ccc(F)cc1. The molecule has 3 aromatic rings. The van der Waals surface area contributed by atoms with Crippen molar-refractivity contribution in [1.29, 1.82) is 5.26 Å². The van der Waals surface area contributed by atoms with Crippen LogP contribution < -0.4 is 5.73 Å². The first-order valence-corrected chi connectivity index (χ1v) is 11.4. The molecule has 3 aromatic carbocycles. The molecule has 0 aliphatic carbocycles. The monoisotopic (exact) mass is 485 g/mol. The average molecular weight is 486 g/mol. The van der Waals surface area contributed by atoms with Gasteiger partial charge < -0.3 is 10.5 Å². The maximum absolute atomic E-state index is 13.7. The summed E-state index contributed by atoms with van der Waals surface area (Å²) in [5.41, 5.74) is 10.5. The summed E-state index contributed by atoms with van der Waals surface area (Å²) in [6, 6.07) is 20.6. The smallest absolute Gasteiger partial charge is 0.205 e. The summed E-state index contributed by atoms with van der Waals surface area (Å²) >= 11 is 0. The highest BCUT2D eigenvalue weighted by molar-refractivity contribution is 5.63. The zero-order valence-corrected chi connectivity index (χ0v) is 19.2. The molecular weight excluding hydrogens is 463 g/mol. The van der Waals surface area contributed by atoms with Crippen LogP contribution in [0.5, 0.6) is 0 Å². The van der Waals surface area contributed by atoms with Gasteiger partial charge in [-0.05, 0) is 64.7 Å². The minimum absolute atomic E-state index is 0.00238. The molecule has 2 N–H and O–H groups in total. The fourth-order valence-electron chi connectivity index (χ4n) is 4.70. The Kier molecular flexibility index (Phi) is 6.36. The van der Waals surface area contributed by atoms with E-state index in [-0.39, 0.29) is 28.9 Å². The highest BCUT2D eigenvalue weighted by Crippen LogP contribution is 2.44. The normalized spacial score (nSPS) is 19.2. The first-order chi connectivity index (χ1) is 17.4. The van der Waals surface area contributed by atoms with Gasteiger partial charge in [0, 0.05) is 25.2 Å². The fraction of sp³-hybridized carbons (Fsp3) is 0.138. The van der Waals surface area contributed by atoms with Gasteiger partial charge in [-0.15, -0.1) is 0 Å². The average Bonchev–Trinajstić information content (AvgIpc) is 2.87. The number of rotatable bonds is 4. The van der Waals surface area contributed by atoms with Gasteiger partial charge in [-0.2, -0.15) is 5.26 Å². The minimum atomic E-state index is -0.521. The molecule has 1 atom stereocenters. The Hall–Kier alpha value is -4.28. The number of nitrogens with two attached hydrogens (primary N) is 1. The maximum Gasteiger partial charge on any atom is 0.205 e. The lowest BCUT2D eigenvalue weighted by atomic mass is 9.80. The third-order valence-electron chi connectivity index (χ3n) is 6.34. The molecule has 36 heavy (non-hydrogen) atoms. The quantitative estimate of drug-likeness (QED) is 0.510. The topological polar surface area (TPSA) is 62.3 Å². The predicted molar refractivity (Wildman–Crippen MR) is 130 cm³/mol. The van der Waals surface area contributed by atoms with E-state index in [1.807, 2.05) is 6.08 Å². The van der Waals surface area contributed by atoms with Gasteiger partial charge in [0.2, 0.25) is 5.88 Å². The lowest BCUT2D eigenvalue weighted by molar-refractivity contribution is 0.230. The lowest BCUT2D eigenvalue weighted by Gasteiger charge is -2.38. The maximum atomic E-state index is 13.7. The van der Waals surface area contributed by atoms with E-state index in [0.29, 0.717) is 25.4 Å². The molecular formula is C29H22F3N3O. The van der Waals surface area contributed by atoms with Crippen molar-refractivity contribution in [2.45, 2.75) is 12.5 Å². The molecule has 0 fully saturated rings. The second kappa shape index (κ2) is 9.76. The van der Waals surface area contributed by atoms with Gasteiger partial charge in [-0.25, -0.2) is 13.2 Å². The van der Waals surface area contributed by atoms with Crippen LogP contribution in [0.2, 0.25) is 0 Å². The molecule has 180 valence electrons. The summed E-state index contributed by atoms with van der Waals surface area (Å²) in [7, 11) is 0. The highest BCUT2D eigenvalue weighted by Gasteiger charge is 2.37. The van der Waals surface area contributed by atoms with Gasteiger partial charge in [0.25, 0.3) is 0 Å². The number of hydrogen-bond acceptors (Lipinski definition) is 4. The van der Waals surface area contributed by atoms with Crippen molar-refractivity contribution in [3.63, 3.8) is 0 Å². The Morgan fingerprint density at radius 3 is 2.08 bits per heavy atom. The molecule has 7 heteroatoms. The molecule has 0 aromatic heterocycles. The largest absolute Gasteiger partial charge is 0.440 e. The minimum Gasteiger partial charge on any atom is -0.440 e. The van der Waals surface area contributed by atoms with E-state index < -0.39 is 5.92 Å². The van der Waals surface area contributed by atoms with Crippen molar-refractivity contribution in [3.05, 3.63) is 135 Å². The molecule has 4 nitrogen and oxygen atoms in total. The van der Waals surface area contributed by atoms with Gasteiger partial charge in [0.15, 0.2) is 0 Å². The summed E-state index contributed by atoms with van der Waals surface area (Å²) in [5, 5.41) is 9.93. The molecule has 1 unspecified atom stereocenters. The molecule has 0 saturated carbocycles. The van der Waals surface area contributed by atoms with Crippen LogP contribution in [0.4, 0.5) is 13.2 Å². The van der Waals surface area contributed by atoms with Gasteiger partial charge >= 0.3 is 0 Å². The van der Waals surface area contributed by atoms with Gasteiger partial charge in [0.1, 0.15) is 34.9 Å². The summed E-state index contributed by atoms with van der Waals surface area (Å²) in [6.45, 7) is 1.46. The number of benzene rings is 3. The van der Waals surface area contributed by atoms with Crippen LogP contribution >= 0.6 is 0 Å². The van der Waals surface area contributed by atoms with Crippen molar-refractivity contribution in [3.8, 4) is 6.07 Å². The van der Waals surface area contributed by atoms with E-state index in [9.17, 15) is 18.4 Å². The number of hydrogen-bond donors (Lipinski definition) is 1. The van der Waals surface area contributed by atoms with Crippen LogP contribution in [0.3, 0.4) is 0 Å². The van der Waals surface area contributed by atoms with Crippen LogP contribution in [0, 0.1) is 28.8 Å². The number of halogens is 3. The van der Waals surface area contributed by atoms with Crippen molar-refractivity contribution < 1.29 is 17.9 Å². The summed E-state index contributed by atoms with van der Waals surface area (Å²) in [6.07, 6.45) is 1.90. The third kappa shape index (κ3) is 4.77. The van der Waals surface area contributed by atoms with E-state index in [1.165, 1.54) is 36.4 Å². The summed E-state index contributed by atoms with van der Waals surface area (Å²) in [5.74, 6) is -0.991. The molecule has 5 rings (SSSR count). The zero-order chi connectivity index (χ0) is 25.2.